The van der Waals surface area contributed by atoms with Crippen LogP contribution < -0.4 is 0 Å². The second-order valence-corrected chi connectivity index (χ2v) is 5.55. The number of carbonyl (C=O) groups is 2. The molecule has 0 saturated heterocycles. The van der Waals surface area contributed by atoms with Crippen molar-refractivity contribution in [2.24, 2.45) is 0 Å². The van der Waals surface area contributed by atoms with E-state index in [0.29, 0.717) is 18.0 Å². The second kappa shape index (κ2) is 12.9. The zero-order valence-electron chi connectivity index (χ0n) is 13.2. The molecule has 0 fully saturated rings. The Morgan fingerprint density at radius 3 is 1.70 bits per heavy atom. The topological polar surface area (TPSA) is 43.4 Å². The lowest BCUT2D eigenvalue weighted by atomic mass is 10.1. The van der Waals surface area contributed by atoms with Crippen LogP contribution in [0, 0.1) is 0 Å². The Labute approximate surface area is 123 Å². The summed E-state index contributed by atoms with van der Waals surface area (Å²) < 4.78 is 5.03. The highest BCUT2D eigenvalue weighted by Gasteiger charge is 2.01. The molecule has 0 heterocycles. The number of ketones is 1. The van der Waals surface area contributed by atoms with E-state index in [4.69, 9.17) is 4.74 Å². The van der Waals surface area contributed by atoms with Crippen molar-refractivity contribution in [3.63, 3.8) is 0 Å². The summed E-state index contributed by atoms with van der Waals surface area (Å²) in [6.07, 6.45) is 11.3. The van der Waals surface area contributed by atoms with Crippen LogP contribution in [0.2, 0.25) is 0 Å². The SMILES string of the molecule is C=C(C)C(=O)OCCCCCCCCCCCC(C)=O. The maximum Gasteiger partial charge on any atom is 0.333 e. The lowest BCUT2D eigenvalue weighted by Crippen LogP contribution is -2.05. The molecule has 0 saturated carbocycles. The van der Waals surface area contributed by atoms with Gasteiger partial charge >= 0.3 is 5.97 Å². The number of unbranched alkanes of at least 4 members (excludes halogenated alkanes) is 8. The van der Waals surface area contributed by atoms with Gasteiger partial charge in [0.1, 0.15) is 5.78 Å². The first-order chi connectivity index (χ1) is 9.54. The van der Waals surface area contributed by atoms with Gasteiger partial charge in [-0.1, -0.05) is 51.5 Å². The summed E-state index contributed by atoms with van der Waals surface area (Å²) in [6, 6.07) is 0. The standard InChI is InChI=1S/C17H30O3/c1-15(2)17(19)20-14-12-10-8-6-4-5-7-9-11-13-16(3)18/h1,4-14H2,2-3H3. The molecule has 0 aliphatic rings. The van der Waals surface area contributed by atoms with Gasteiger partial charge in [-0.05, 0) is 26.7 Å². The minimum Gasteiger partial charge on any atom is -0.462 e. The molecular formula is C17H30O3. The minimum absolute atomic E-state index is 0.282. The molecule has 0 aromatic carbocycles. The van der Waals surface area contributed by atoms with E-state index in [-0.39, 0.29) is 5.97 Å². The number of carbonyl (C=O) groups excluding carboxylic acids is 2. The van der Waals surface area contributed by atoms with Gasteiger partial charge < -0.3 is 9.53 Å². The fourth-order valence-corrected chi connectivity index (χ4v) is 2.00. The van der Waals surface area contributed by atoms with Crippen molar-refractivity contribution in [3.8, 4) is 0 Å². The Kier molecular flexibility index (Phi) is 12.2. The van der Waals surface area contributed by atoms with Crippen LogP contribution in [-0.2, 0) is 14.3 Å². The van der Waals surface area contributed by atoms with E-state index in [1.54, 1.807) is 13.8 Å². The fraction of sp³-hybridized carbons (Fsp3) is 0.765. The summed E-state index contributed by atoms with van der Waals surface area (Å²) in [5.41, 5.74) is 0.467. The smallest absolute Gasteiger partial charge is 0.333 e. The third-order valence-corrected chi connectivity index (χ3v) is 3.25. The van der Waals surface area contributed by atoms with E-state index in [1.165, 1.54) is 38.5 Å². The molecule has 3 heteroatoms. The van der Waals surface area contributed by atoms with Crippen molar-refractivity contribution in [2.75, 3.05) is 6.61 Å². The largest absolute Gasteiger partial charge is 0.462 e. The first-order valence-corrected chi connectivity index (χ1v) is 7.86. The molecular weight excluding hydrogens is 252 g/mol. The van der Waals surface area contributed by atoms with Crippen LogP contribution >= 0.6 is 0 Å². The molecule has 0 rings (SSSR count). The van der Waals surface area contributed by atoms with Gasteiger partial charge in [0, 0.05) is 12.0 Å². The molecule has 0 radical (unpaired) electrons. The van der Waals surface area contributed by atoms with Crippen molar-refractivity contribution < 1.29 is 14.3 Å². The predicted molar refractivity (Wildman–Crippen MR) is 82.6 cm³/mol. The van der Waals surface area contributed by atoms with Gasteiger partial charge in [-0.3, -0.25) is 0 Å². The third kappa shape index (κ3) is 13.3. The van der Waals surface area contributed by atoms with Crippen LogP contribution in [0.1, 0.15) is 78.1 Å². The van der Waals surface area contributed by atoms with Gasteiger partial charge in [0.05, 0.1) is 6.61 Å². The summed E-state index contributed by atoms with van der Waals surface area (Å²) in [7, 11) is 0. The normalized spacial score (nSPS) is 10.3. The molecule has 116 valence electrons. The molecule has 0 unspecified atom stereocenters. The van der Waals surface area contributed by atoms with Crippen molar-refractivity contribution >= 4 is 11.8 Å². The Morgan fingerprint density at radius 2 is 1.25 bits per heavy atom. The van der Waals surface area contributed by atoms with Gasteiger partial charge in [-0.25, -0.2) is 4.79 Å². The molecule has 0 bridgehead atoms. The second-order valence-electron chi connectivity index (χ2n) is 5.55. The van der Waals surface area contributed by atoms with Gasteiger partial charge in [0.2, 0.25) is 0 Å². The molecule has 0 amide bonds. The maximum atomic E-state index is 11.1. The number of hydrogen-bond acceptors (Lipinski definition) is 3. The third-order valence-electron chi connectivity index (χ3n) is 3.25. The average Bonchev–Trinajstić information content (AvgIpc) is 2.39. The Morgan fingerprint density at radius 1 is 0.800 bits per heavy atom. The number of esters is 1. The molecule has 0 atom stereocenters. The monoisotopic (exact) mass is 282 g/mol. The van der Waals surface area contributed by atoms with Crippen molar-refractivity contribution in [1.29, 1.82) is 0 Å². The average molecular weight is 282 g/mol. The van der Waals surface area contributed by atoms with Gasteiger partial charge in [0.15, 0.2) is 0 Å². The zero-order chi connectivity index (χ0) is 15.2. The van der Waals surface area contributed by atoms with Crippen LogP contribution in [0.5, 0.6) is 0 Å². The number of Topliss-reactive ketones (excluding diaryl/α,β-unsaturated/α-hetero) is 1. The van der Waals surface area contributed by atoms with Crippen LogP contribution in [0.4, 0.5) is 0 Å². The van der Waals surface area contributed by atoms with Gasteiger partial charge in [-0.2, -0.15) is 0 Å². The van der Waals surface area contributed by atoms with Gasteiger partial charge in [-0.15, -0.1) is 0 Å². The lowest BCUT2D eigenvalue weighted by Gasteiger charge is -2.04. The quantitative estimate of drug-likeness (QED) is 0.282. The summed E-state index contributed by atoms with van der Waals surface area (Å²) in [5.74, 6) is 0.0212. The molecule has 3 nitrogen and oxygen atoms in total. The Bertz CT molecular complexity index is 295. The highest BCUT2D eigenvalue weighted by atomic mass is 16.5. The maximum absolute atomic E-state index is 11.1. The molecule has 0 aromatic heterocycles. The fourth-order valence-electron chi connectivity index (χ4n) is 2.00. The highest BCUT2D eigenvalue weighted by molar-refractivity contribution is 5.86. The van der Waals surface area contributed by atoms with Crippen molar-refractivity contribution in [3.05, 3.63) is 12.2 Å². The van der Waals surface area contributed by atoms with Crippen LogP contribution in [0.3, 0.4) is 0 Å². The summed E-state index contributed by atoms with van der Waals surface area (Å²) in [5, 5.41) is 0. The van der Waals surface area contributed by atoms with Crippen LogP contribution in [0.15, 0.2) is 12.2 Å². The van der Waals surface area contributed by atoms with Crippen molar-refractivity contribution in [1.82, 2.24) is 0 Å². The number of ether oxygens (including phenoxy) is 1. The highest BCUT2D eigenvalue weighted by Crippen LogP contribution is 2.10. The Hall–Kier alpha value is -1.12. The molecule has 0 aliphatic heterocycles. The number of rotatable bonds is 13. The predicted octanol–water partition coefficient (Wildman–Crippen LogP) is 4.60. The van der Waals surface area contributed by atoms with E-state index in [0.717, 1.165) is 25.7 Å². The van der Waals surface area contributed by atoms with E-state index >= 15 is 0 Å². The summed E-state index contributed by atoms with van der Waals surface area (Å²) in [4.78, 5) is 21.8. The van der Waals surface area contributed by atoms with E-state index in [1.807, 2.05) is 0 Å². The summed E-state index contributed by atoms with van der Waals surface area (Å²) >= 11 is 0. The molecule has 0 spiro atoms. The zero-order valence-corrected chi connectivity index (χ0v) is 13.2. The summed E-state index contributed by atoms with van der Waals surface area (Å²) in [6.45, 7) is 7.38. The Balaban J connectivity index is 3.12. The molecule has 0 N–H and O–H groups in total. The van der Waals surface area contributed by atoms with Gasteiger partial charge in [0.25, 0.3) is 0 Å². The molecule has 20 heavy (non-hydrogen) atoms. The van der Waals surface area contributed by atoms with E-state index in [9.17, 15) is 9.59 Å². The van der Waals surface area contributed by atoms with Crippen LogP contribution in [0.25, 0.3) is 0 Å². The minimum atomic E-state index is -0.282. The van der Waals surface area contributed by atoms with Crippen LogP contribution in [-0.4, -0.2) is 18.4 Å². The first-order valence-electron chi connectivity index (χ1n) is 7.86. The van der Waals surface area contributed by atoms with E-state index in [2.05, 4.69) is 6.58 Å². The molecule has 0 aromatic rings. The first kappa shape index (κ1) is 18.9. The number of hydrogen-bond donors (Lipinski definition) is 0. The molecule has 0 aliphatic carbocycles. The van der Waals surface area contributed by atoms with Crippen molar-refractivity contribution in [2.45, 2.75) is 78.1 Å². The van der Waals surface area contributed by atoms with E-state index < -0.39 is 0 Å². The lowest BCUT2D eigenvalue weighted by molar-refractivity contribution is -0.139.